The van der Waals surface area contributed by atoms with Crippen molar-refractivity contribution in [3.8, 4) is 11.5 Å². The number of hydrogen-bond acceptors (Lipinski definition) is 5. The molecule has 1 aliphatic heterocycles. The van der Waals surface area contributed by atoms with Crippen LogP contribution >= 0.6 is 11.6 Å². The van der Waals surface area contributed by atoms with Crippen molar-refractivity contribution in [2.75, 3.05) is 34.0 Å². The van der Waals surface area contributed by atoms with Crippen molar-refractivity contribution in [1.82, 2.24) is 4.90 Å². The average Bonchev–Trinajstić information content (AvgIpc) is 2.77. The van der Waals surface area contributed by atoms with Crippen molar-refractivity contribution in [3.05, 3.63) is 58.6 Å². The van der Waals surface area contributed by atoms with Gasteiger partial charge < -0.3 is 23.8 Å². The van der Waals surface area contributed by atoms with Gasteiger partial charge in [0.15, 0.2) is 11.5 Å². The molecule has 0 aromatic heterocycles. The second-order valence-electron chi connectivity index (χ2n) is 7.15. The zero-order chi connectivity index (χ0) is 21.5. The Labute approximate surface area is 182 Å². The molecule has 0 N–H and O–H groups in total. The number of halogens is 1. The standard InChI is InChI=1S/C23H28ClNO5/c1-4-19(13-29-12-16-5-10-21(27-2)22(11-16)28-3)25-20(14-30-15-23(25)26)17-6-8-18(24)9-7-17/h5-11,19-20H,4,12-15H2,1-3H3/t19-,20-/m0/s1. The van der Waals surface area contributed by atoms with E-state index >= 15 is 0 Å². The van der Waals surface area contributed by atoms with Crippen molar-refractivity contribution >= 4 is 17.5 Å². The van der Waals surface area contributed by atoms with Crippen LogP contribution in [0.2, 0.25) is 5.02 Å². The molecule has 0 saturated carbocycles. The van der Waals surface area contributed by atoms with Gasteiger partial charge in [-0.15, -0.1) is 0 Å². The van der Waals surface area contributed by atoms with E-state index in [4.69, 9.17) is 30.5 Å². The van der Waals surface area contributed by atoms with Crippen LogP contribution in [0.4, 0.5) is 0 Å². The molecule has 1 saturated heterocycles. The molecule has 162 valence electrons. The summed E-state index contributed by atoms with van der Waals surface area (Å²) >= 11 is 6.02. The summed E-state index contributed by atoms with van der Waals surface area (Å²) in [6, 6.07) is 13.1. The minimum Gasteiger partial charge on any atom is -0.493 e. The minimum absolute atomic E-state index is 0.0252. The van der Waals surface area contributed by atoms with Crippen LogP contribution in [0.1, 0.15) is 30.5 Å². The molecule has 0 spiro atoms. The Balaban J connectivity index is 1.68. The number of carbonyl (C=O) groups is 1. The quantitative estimate of drug-likeness (QED) is 0.591. The Hall–Kier alpha value is -2.28. The van der Waals surface area contributed by atoms with Gasteiger partial charge >= 0.3 is 0 Å². The van der Waals surface area contributed by atoms with E-state index in [0.29, 0.717) is 36.3 Å². The van der Waals surface area contributed by atoms with Crippen molar-refractivity contribution in [2.45, 2.75) is 32.0 Å². The third-order valence-electron chi connectivity index (χ3n) is 5.27. The van der Waals surface area contributed by atoms with E-state index in [2.05, 4.69) is 6.92 Å². The fraction of sp³-hybridized carbons (Fsp3) is 0.435. The van der Waals surface area contributed by atoms with Gasteiger partial charge in [0.25, 0.3) is 0 Å². The molecular formula is C23H28ClNO5. The zero-order valence-corrected chi connectivity index (χ0v) is 18.4. The van der Waals surface area contributed by atoms with Crippen LogP contribution in [0.15, 0.2) is 42.5 Å². The Morgan fingerprint density at radius 1 is 1.13 bits per heavy atom. The number of hydrogen-bond donors (Lipinski definition) is 0. The Bertz CT molecular complexity index is 842. The van der Waals surface area contributed by atoms with E-state index in [1.165, 1.54) is 0 Å². The molecule has 1 fully saturated rings. The third-order valence-corrected chi connectivity index (χ3v) is 5.52. The smallest absolute Gasteiger partial charge is 0.249 e. The van der Waals surface area contributed by atoms with Gasteiger partial charge in [-0.25, -0.2) is 0 Å². The van der Waals surface area contributed by atoms with Gasteiger partial charge in [0.2, 0.25) is 5.91 Å². The predicted molar refractivity (Wildman–Crippen MR) is 115 cm³/mol. The average molecular weight is 434 g/mol. The maximum absolute atomic E-state index is 12.7. The summed E-state index contributed by atoms with van der Waals surface area (Å²) in [6.45, 7) is 3.46. The number of morpholine rings is 1. The zero-order valence-electron chi connectivity index (χ0n) is 17.6. The topological polar surface area (TPSA) is 57.2 Å². The van der Waals surface area contributed by atoms with E-state index in [9.17, 15) is 4.79 Å². The summed E-state index contributed by atoms with van der Waals surface area (Å²) in [4.78, 5) is 14.6. The highest BCUT2D eigenvalue weighted by molar-refractivity contribution is 6.30. The maximum atomic E-state index is 12.7. The van der Waals surface area contributed by atoms with E-state index in [1.807, 2.05) is 47.4 Å². The first-order valence-electron chi connectivity index (χ1n) is 10.00. The summed E-state index contributed by atoms with van der Waals surface area (Å²) in [5, 5.41) is 0.665. The fourth-order valence-electron chi connectivity index (χ4n) is 3.66. The monoisotopic (exact) mass is 433 g/mol. The number of benzene rings is 2. The fourth-order valence-corrected chi connectivity index (χ4v) is 3.79. The lowest BCUT2D eigenvalue weighted by Gasteiger charge is -2.41. The van der Waals surface area contributed by atoms with Crippen LogP contribution in [0.3, 0.4) is 0 Å². The Kier molecular flexibility index (Phi) is 7.96. The molecule has 7 heteroatoms. The number of methoxy groups -OCH3 is 2. The second kappa shape index (κ2) is 10.7. The highest BCUT2D eigenvalue weighted by Crippen LogP contribution is 2.30. The lowest BCUT2D eigenvalue weighted by molar-refractivity contribution is -0.154. The number of carbonyl (C=O) groups excluding carboxylic acids is 1. The summed E-state index contributed by atoms with van der Waals surface area (Å²) in [7, 11) is 3.22. The van der Waals surface area contributed by atoms with Gasteiger partial charge in [0.1, 0.15) is 6.61 Å². The largest absolute Gasteiger partial charge is 0.493 e. The Morgan fingerprint density at radius 2 is 1.87 bits per heavy atom. The molecule has 2 aromatic carbocycles. The second-order valence-corrected chi connectivity index (χ2v) is 7.59. The molecule has 1 amide bonds. The molecule has 2 aromatic rings. The summed E-state index contributed by atoms with van der Waals surface area (Å²) in [6.07, 6.45) is 0.780. The van der Waals surface area contributed by atoms with Gasteiger partial charge in [-0.2, -0.15) is 0 Å². The SMILES string of the molecule is CC[C@@H](COCc1ccc(OC)c(OC)c1)N1C(=O)COC[C@H]1c1ccc(Cl)cc1. The number of amides is 1. The van der Waals surface area contributed by atoms with E-state index in [1.54, 1.807) is 14.2 Å². The molecule has 6 nitrogen and oxygen atoms in total. The van der Waals surface area contributed by atoms with Crippen molar-refractivity contribution in [3.63, 3.8) is 0 Å². The molecule has 0 aliphatic carbocycles. The molecule has 30 heavy (non-hydrogen) atoms. The van der Waals surface area contributed by atoms with Crippen LogP contribution in [0.5, 0.6) is 11.5 Å². The predicted octanol–water partition coefficient (Wildman–Crippen LogP) is 4.25. The molecular weight excluding hydrogens is 406 g/mol. The third kappa shape index (κ3) is 5.25. The summed E-state index contributed by atoms with van der Waals surface area (Å²) in [5.41, 5.74) is 1.98. The lowest BCUT2D eigenvalue weighted by atomic mass is 10.0. The highest BCUT2D eigenvalue weighted by atomic mass is 35.5. The van der Waals surface area contributed by atoms with E-state index in [0.717, 1.165) is 17.5 Å². The Morgan fingerprint density at radius 3 is 2.53 bits per heavy atom. The molecule has 1 aliphatic rings. The van der Waals surface area contributed by atoms with Crippen molar-refractivity contribution < 1.29 is 23.7 Å². The van der Waals surface area contributed by atoms with Gasteiger partial charge in [0.05, 0.1) is 46.1 Å². The van der Waals surface area contributed by atoms with Gasteiger partial charge in [-0.3, -0.25) is 4.79 Å². The first-order valence-corrected chi connectivity index (χ1v) is 10.4. The van der Waals surface area contributed by atoms with Gasteiger partial charge in [0, 0.05) is 5.02 Å². The molecule has 1 heterocycles. The molecule has 3 rings (SSSR count). The lowest BCUT2D eigenvalue weighted by Crippen LogP contribution is -2.51. The van der Waals surface area contributed by atoms with Crippen LogP contribution in [0.25, 0.3) is 0 Å². The number of rotatable bonds is 9. The summed E-state index contributed by atoms with van der Waals surface area (Å²) < 4.78 is 22.2. The van der Waals surface area contributed by atoms with E-state index in [-0.39, 0.29) is 24.6 Å². The maximum Gasteiger partial charge on any atom is 0.249 e. The van der Waals surface area contributed by atoms with Crippen LogP contribution in [-0.4, -0.2) is 50.9 Å². The van der Waals surface area contributed by atoms with Crippen molar-refractivity contribution in [2.24, 2.45) is 0 Å². The van der Waals surface area contributed by atoms with Crippen LogP contribution < -0.4 is 9.47 Å². The van der Waals surface area contributed by atoms with Gasteiger partial charge in [-0.1, -0.05) is 36.7 Å². The number of nitrogens with zero attached hydrogens (tertiary/aromatic N) is 1. The molecule has 0 radical (unpaired) electrons. The number of ether oxygens (including phenoxy) is 4. The van der Waals surface area contributed by atoms with Crippen LogP contribution in [0, 0.1) is 0 Å². The van der Waals surface area contributed by atoms with Gasteiger partial charge in [-0.05, 0) is 41.8 Å². The summed E-state index contributed by atoms with van der Waals surface area (Å²) in [5.74, 6) is 1.32. The first kappa shape index (κ1) is 22.4. The first-order chi connectivity index (χ1) is 14.6. The van der Waals surface area contributed by atoms with Crippen LogP contribution in [-0.2, 0) is 20.9 Å². The molecule has 2 atom stereocenters. The minimum atomic E-state index is -0.154. The highest BCUT2D eigenvalue weighted by Gasteiger charge is 2.34. The normalized spacial score (nSPS) is 17.7. The molecule has 0 unspecified atom stereocenters. The van der Waals surface area contributed by atoms with E-state index < -0.39 is 0 Å². The van der Waals surface area contributed by atoms with Crippen molar-refractivity contribution in [1.29, 1.82) is 0 Å². The molecule has 0 bridgehead atoms.